The first-order valence-corrected chi connectivity index (χ1v) is 10.4. The van der Waals surface area contributed by atoms with Gasteiger partial charge in [0.05, 0.1) is 12.2 Å². The van der Waals surface area contributed by atoms with Gasteiger partial charge in [-0.25, -0.2) is 0 Å². The Morgan fingerprint density at radius 3 is 2.72 bits per heavy atom. The molecule has 1 unspecified atom stereocenters. The Hall–Kier alpha value is -0.380. The van der Waals surface area contributed by atoms with E-state index in [-0.39, 0.29) is 40.7 Å². The minimum absolute atomic E-state index is 0.0811. The predicted molar refractivity (Wildman–Crippen MR) is 98.5 cm³/mol. The van der Waals surface area contributed by atoms with Crippen LogP contribution >= 0.6 is 11.6 Å². The van der Waals surface area contributed by atoms with Crippen molar-refractivity contribution in [3.8, 4) is 0 Å². The summed E-state index contributed by atoms with van der Waals surface area (Å²) < 4.78 is 5.81. The fourth-order valence-corrected chi connectivity index (χ4v) is 7.61. The van der Waals surface area contributed by atoms with Crippen LogP contribution in [-0.2, 0) is 9.53 Å². The van der Waals surface area contributed by atoms with Gasteiger partial charge in [0.25, 0.3) is 0 Å². The number of rotatable bonds is 2. The molecule has 4 heteroatoms. The second-order valence-electron chi connectivity index (χ2n) is 9.46. The summed E-state index contributed by atoms with van der Waals surface area (Å²) in [6.45, 7) is 4.62. The molecule has 4 aliphatic rings. The maximum Gasteiger partial charge on any atom is 0.159 e. The van der Waals surface area contributed by atoms with E-state index in [1.165, 1.54) is 12.0 Å². The van der Waals surface area contributed by atoms with Gasteiger partial charge in [-0.2, -0.15) is 0 Å². The normalized spacial score (nSPS) is 52.2. The molecule has 0 bridgehead atoms. The standard InChI is InChI=1S/C21H31ClO3/c1-20-9-12(11-22)16(23)8-13(20)4-5-14-15-6-7-18(25-3)21(15,2)10-17(24)19(14)20/h8,12,14-15,17-19,24H,4-7,9-11H2,1-3H3/t12?,14-,15-,17-,18+,19+,20-,21-/m0/s1. The zero-order chi connectivity index (χ0) is 18.0. The Balaban J connectivity index is 1.72. The number of ether oxygens (including phenoxy) is 1. The van der Waals surface area contributed by atoms with Crippen LogP contribution in [0, 0.1) is 34.5 Å². The Kier molecular flexibility index (Phi) is 4.37. The summed E-state index contributed by atoms with van der Waals surface area (Å²) in [5.74, 6) is 1.89. The van der Waals surface area contributed by atoms with Gasteiger partial charge in [0, 0.05) is 18.9 Å². The fraction of sp³-hybridized carbons (Fsp3) is 0.857. The SMILES string of the molecule is CO[C@@H]1CC[C@H]2[C@@H]3CCC4=CC(=O)C(CCl)C[C@]4(C)[C@H]3[C@@H](O)C[C@]12C. The van der Waals surface area contributed by atoms with Gasteiger partial charge in [0.1, 0.15) is 0 Å². The van der Waals surface area contributed by atoms with E-state index in [0.29, 0.717) is 17.7 Å². The summed E-state index contributed by atoms with van der Waals surface area (Å²) in [7, 11) is 1.82. The number of halogens is 1. The zero-order valence-corrected chi connectivity index (χ0v) is 16.4. The molecule has 0 heterocycles. The number of carbonyl (C=O) groups excluding carboxylic acids is 1. The van der Waals surface area contributed by atoms with Gasteiger partial charge in [-0.15, -0.1) is 11.6 Å². The van der Waals surface area contributed by atoms with E-state index in [4.69, 9.17) is 16.3 Å². The first-order chi connectivity index (χ1) is 11.8. The van der Waals surface area contributed by atoms with Crippen LogP contribution in [0.15, 0.2) is 11.6 Å². The topological polar surface area (TPSA) is 46.5 Å². The van der Waals surface area contributed by atoms with Crippen molar-refractivity contribution in [1.29, 1.82) is 0 Å². The van der Waals surface area contributed by atoms with Crippen molar-refractivity contribution in [2.45, 2.75) is 64.6 Å². The summed E-state index contributed by atoms with van der Waals surface area (Å²) in [5.41, 5.74) is 1.27. The van der Waals surface area contributed by atoms with E-state index < -0.39 is 0 Å². The van der Waals surface area contributed by atoms with E-state index in [0.717, 1.165) is 32.1 Å². The van der Waals surface area contributed by atoms with Crippen LogP contribution in [0.1, 0.15) is 52.4 Å². The highest BCUT2D eigenvalue weighted by Gasteiger charge is 2.62. The van der Waals surface area contributed by atoms with Crippen molar-refractivity contribution in [3.63, 3.8) is 0 Å². The number of allylic oxidation sites excluding steroid dienone is 1. The van der Waals surface area contributed by atoms with Gasteiger partial charge >= 0.3 is 0 Å². The molecule has 25 heavy (non-hydrogen) atoms. The summed E-state index contributed by atoms with van der Waals surface area (Å²) in [5, 5.41) is 11.3. The monoisotopic (exact) mass is 366 g/mol. The highest BCUT2D eigenvalue weighted by Crippen LogP contribution is 2.65. The Labute approximate surface area is 156 Å². The molecule has 4 aliphatic carbocycles. The van der Waals surface area contributed by atoms with Crippen molar-refractivity contribution in [2.24, 2.45) is 34.5 Å². The molecular formula is C21H31ClO3. The fourth-order valence-electron chi connectivity index (χ4n) is 7.35. The molecule has 3 saturated carbocycles. The Morgan fingerprint density at radius 1 is 1.28 bits per heavy atom. The highest BCUT2D eigenvalue weighted by atomic mass is 35.5. The Bertz CT molecular complexity index is 602. The van der Waals surface area contributed by atoms with E-state index in [1.54, 1.807) is 0 Å². The van der Waals surface area contributed by atoms with E-state index in [1.807, 2.05) is 13.2 Å². The third kappa shape index (κ3) is 2.41. The number of hydrogen-bond donors (Lipinski definition) is 1. The van der Waals surface area contributed by atoms with Crippen molar-refractivity contribution in [1.82, 2.24) is 0 Å². The van der Waals surface area contributed by atoms with Crippen LogP contribution < -0.4 is 0 Å². The smallest absolute Gasteiger partial charge is 0.159 e. The maximum atomic E-state index is 12.3. The van der Waals surface area contributed by atoms with E-state index >= 15 is 0 Å². The molecule has 3 fully saturated rings. The molecule has 8 atom stereocenters. The van der Waals surface area contributed by atoms with Crippen LogP contribution in [0.2, 0.25) is 0 Å². The summed E-state index contributed by atoms with van der Waals surface area (Å²) in [6, 6.07) is 0. The highest BCUT2D eigenvalue weighted by molar-refractivity contribution is 6.20. The number of hydrogen-bond acceptors (Lipinski definition) is 3. The third-order valence-corrected chi connectivity index (χ3v) is 8.81. The number of carbonyl (C=O) groups is 1. The molecule has 3 nitrogen and oxygen atoms in total. The van der Waals surface area contributed by atoms with Gasteiger partial charge in [-0.1, -0.05) is 19.4 Å². The molecular weight excluding hydrogens is 336 g/mol. The molecule has 1 N–H and O–H groups in total. The largest absolute Gasteiger partial charge is 0.393 e. The molecule has 0 saturated heterocycles. The van der Waals surface area contributed by atoms with Gasteiger partial charge < -0.3 is 9.84 Å². The lowest BCUT2D eigenvalue weighted by Crippen LogP contribution is -2.58. The molecule has 0 spiro atoms. The van der Waals surface area contributed by atoms with E-state index in [9.17, 15) is 9.90 Å². The average Bonchev–Trinajstić information content (AvgIpc) is 2.90. The predicted octanol–water partition coefficient (Wildman–Crippen LogP) is 3.97. The third-order valence-electron chi connectivity index (χ3n) is 8.44. The molecule has 0 aromatic rings. The van der Waals surface area contributed by atoms with Crippen LogP contribution in [-0.4, -0.2) is 36.1 Å². The molecule has 0 amide bonds. The lowest BCUT2D eigenvalue weighted by Gasteiger charge is -2.60. The van der Waals surface area contributed by atoms with Gasteiger partial charge in [0.15, 0.2) is 5.78 Å². The van der Waals surface area contributed by atoms with Crippen LogP contribution in [0.5, 0.6) is 0 Å². The number of methoxy groups -OCH3 is 1. The maximum absolute atomic E-state index is 12.3. The number of ketones is 1. The van der Waals surface area contributed by atoms with Crippen molar-refractivity contribution in [3.05, 3.63) is 11.6 Å². The first-order valence-electron chi connectivity index (χ1n) is 9.87. The quantitative estimate of drug-likeness (QED) is 0.752. The van der Waals surface area contributed by atoms with Gasteiger partial charge in [-0.05, 0) is 73.2 Å². The van der Waals surface area contributed by atoms with E-state index in [2.05, 4.69) is 13.8 Å². The number of aliphatic hydroxyl groups is 1. The summed E-state index contributed by atoms with van der Waals surface area (Å²) in [6.07, 6.45) is 7.84. The number of aliphatic hydroxyl groups excluding tert-OH is 1. The Morgan fingerprint density at radius 2 is 2.04 bits per heavy atom. The van der Waals surface area contributed by atoms with Crippen LogP contribution in [0.25, 0.3) is 0 Å². The van der Waals surface area contributed by atoms with Crippen LogP contribution in [0.3, 0.4) is 0 Å². The van der Waals surface area contributed by atoms with Gasteiger partial charge in [-0.3, -0.25) is 4.79 Å². The minimum Gasteiger partial charge on any atom is -0.393 e. The number of alkyl halides is 1. The van der Waals surface area contributed by atoms with Crippen molar-refractivity contribution < 1.29 is 14.6 Å². The summed E-state index contributed by atoms with van der Waals surface area (Å²) >= 11 is 6.10. The molecule has 0 radical (unpaired) electrons. The van der Waals surface area contributed by atoms with Crippen LogP contribution in [0.4, 0.5) is 0 Å². The minimum atomic E-state index is -0.320. The second kappa shape index (κ2) is 6.07. The lowest BCUT2D eigenvalue weighted by atomic mass is 9.46. The molecule has 4 rings (SSSR count). The number of fused-ring (bicyclic) bond motifs is 5. The molecule has 0 aromatic heterocycles. The molecule has 0 aliphatic heterocycles. The van der Waals surface area contributed by atoms with Crippen molar-refractivity contribution in [2.75, 3.05) is 13.0 Å². The van der Waals surface area contributed by atoms with Crippen molar-refractivity contribution >= 4 is 17.4 Å². The zero-order valence-electron chi connectivity index (χ0n) is 15.6. The van der Waals surface area contributed by atoms with Gasteiger partial charge in [0.2, 0.25) is 0 Å². The first kappa shape index (κ1) is 18.0. The molecule has 0 aromatic carbocycles. The second-order valence-corrected chi connectivity index (χ2v) is 9.77. The summed E-state index contributed by atoms with van der Waals surface area (Å²) in [4.78, 5) is 12.3. The average molecular weight is 367 g/mol. The lowest BCUT2D eigenvalue weighted by molar-refractivity contribution is -0.149. The molecule has 140 valence electrons.